The molecule has 5 heteroatoms. The zero-order chi connectivity index (χ0) is 24.5. The molecule has 5 nitrogen and oxygen atoms in total. The Labute approximate surface area is 204 Å². The first-order valence-electron chi connectivity index (χ1n) is 12.3. The molecule has 2 aromatic rings. The van der Waals surface area contributed by atoms with Crippen molar-refractivity contribution in [3.8, 4) is 6.07 Å². The first-order chi connectivity index (χ1) is 16.5. The molecule has 0 bridgehead atoms. The minimum atomic E-state index is 0.364. The van der Waals surface area contributed by atoms with Crippen LogP contribution >= 0.6 is 0 Å². The molecule has 1 fully saturated rings. The second kappa shape index (κ2) is 12.2. The molecule has 1 saturated heterocycles. The van der Waals surface area contributed by atoms with E-state index in [9.17, 15) is 0 Å². The first-order valence-corrected chi connectivity index (χ1v) is 12.3. The fourth-order valence-corrected chi connectivity index (χ4v) is 4.58. The average molecular weight is 456 g/mol. The number of nitrogens with zero attached hydrogens (tertiary/aromatic N) is 4. The zero-order valence-electron chi connectivity index (χ0n) is 20.8. The van der Waals surface area contributed by atoms with E-state index < -0.39 is 0 Å². The van der Waals surface area contributed by atoms with Crippen molar-refractivity contribution in [2.45, 2.75) is 58.3 Å². The molecule has 0 spiro atoms. The highest BCUT2D eigenvalue weighted by Gasteiger charge is 2.23. The van der Waals surface area contributed by atoms with Crippen LogP contribution in [0.25, 0.3) is 5.70 Å². The molecule has 0 amide bonds. The lowest BCUT2D eigenvalue weighted by Crippen LogP contribution is -2.31. The standard InChI is InChI=1S/C29H37N5/c1-6-7-16-32-29(33-31-5)28-19-26(12-13-27(28)21(2)3)22(4)34-17-14-25(15-18-34)24-10-8-23(20-30)9-11-24/h8-13,19,21,25H,4-7,14-18H2,1-3H3,(H,32,33). The Bertz CT molecular complexity index is 1050. The van der Waals surface area contributed by atoms with E-state index in [0.717, 1.165) is 68.0 Å². The van der Waals surface area contributed by atoms with Gasteiger partial charge in [0.1, 0.15) is 0 Å². The molecule has 1 aliphatic heterocycles. The van der Waals surface area contributed by atoms with Crippen molar-refractivity contribution < 1.29 is 0 Å². The number of rotatable bonds is 9. The Kier molecular flexibility index (Phi) is 9.04. The van der Waals surface area contributed by atoms with E-state index in [1.807, 2.05) is 12.1 Å². The predicted molar refractivity (Wildman–Crippen MR) is 143 cm³/mol. The molecule has 2 aromatic carbocycles. The summed E-state index contributed by atoms with van der Waals surface area (Å²) in [5.41, 5.74) is 6.52. The quantitative estimate of drug-likeness (QED) is 0.209. The molecule has 0 saturated carbocycles. The van der Waals surface area contributed by atoms with Gasteiger partial charge in [-0.3, -0.25) is 0 Å². The Morgan fingerprint density at radius 1 is 1.18 bits per heavy atom. The lowest BCUT2D eigenvalue weighted by atomic mass is 9.88. The number of nitriles is 1. The SMILES string of the molecule is C=N/N=C(\NCCCC)c1cc(C(=C)N2CCC(c3ccc(C#N)cc3)CC2)ccc1C(C)C. The van der Waals surface area contributed by atoms with Gasteiger partial charge in [0.25, 0.3) is 0 Å². The third-order valence-corrected chi connectivity index (χ3v) is 6.64. The molecule has 34 heavy (non-hydrogen) atoms. The predicted octanol–water partition coefficient (Wildman–Crippen LogP) is 6.28. The van der Waals surface area contributed by atoms with Gasteiger partial charge in [-0.05, 0) is 66.0 Å². The molecule has 3 rings (SSSR count). The molecular formula is C29H37N5. The fraction of sp³-hybridized carbons (Fsp3) is 0.414. The van der Waals surface area contributed by atoms with Crippen molar-refractivity contribution >= 4 is 18.3 Å². The largest absolute Gasteiger partial charge is 0.371 e. The monoisotopic (exact) mass is 455 g/mol. The maximum atomic E-state index is 9.04. The fourth-order valence-electron chi connectivity index (χ4n) is 4.58. The molecule has 0 radical (unpaired) electrons. The summed E-state index contributed by atoms with van der Waals surface area (Å²) in [6, 6.07) is 16.8. The Balaban J connectivity index is 1.76. The summed E-state index contributed by atoms with van der Waals surface area (Å²) >= 11 is 0. The number of nitrogens with one attached hydrogen (secondary N) is 1. The van der Waals surface area contributed by atoms with E-state index in [2.05, 4.69) is 90.9 Å². The highest BCUT2D eigenvalue weighted by atomic mass is 15.2. The number of hydrogen-bond acceptors (Lipinski definition) is 4. The van der Waals surface area contributed by atoms with Crippen LogP contribution in [0, 0.1) is 11.3 Å². The molecular weight excluding hydrogens is 418 g/mol. The van der Waals surface area contributed by atoms with Crippen molar-refractivity contribution in [3.63, 3.8) is 0 Å². The summed E-state index contributed by atoms with van der Waals surface area (Å²) < 4.78 is 0. The third kappa shape index (κ3) is 6.14. The van der Waals surface area contributed by atoms with Crippen molar-refractivity contribution in [2.24, 2.45) is 10.2 Å². The van der Waals surface area contributed by atoms with E-state index in [1.54, 1.807) is 0 Å². The number of hydrogen-bond donors (Lipinski definition) is 1. The van der Waals surface area contributed by atoms with E-state index in [1.165, 1.54) is 11.1 Å². The summed E-state index contributed by atoms with van der Waals surface area (Å²) in [6.45, 7) is 17.4. The molecule has 0 unspecified atom stereocenters. The number of benzene rings is 2. The van der Waals surface area contributed by atoms with Crippen LogP contribution in [0.3, 0.4) is 0 Å². The number of unbranched alkanes of at least 4 members (excludes halogenated alkanes) is 1. The van der Waals surface area contributed by atoms with Gasteiger partial charge in [-0.1, -0.05) is 58.0 Å². The van der Waals surface area contributed by atoms with Crippen LogP contribution in [0.15, 0.2) is 59.2 Å². The maximum Gasteiger partial charge on any atom is 0.156 e. The molecule has 1 aliphatic rings. The maximum absolute atomic E-state index is 9.04. The highest BCUT2D eigenvalue weighted by molar-refractivity contribution is 6.01. The van der Waals surface area contributed by atoms with Crippen LogP contribution in [0.4, 0.5) is 0 Å². The van der Waals surface area contributed by atoms with Gasteiger partial charge in [0.15, 0.2) is 5.84 Å². The molecule has 0 aromatic heterocycles. The molecule has 0 atom stereocenters. The highest BCUT2D eigenvalue weighted by Crippen LogP contribution is 2.32. The van der Waals surface area contributed by atoms with E-state index in [-0.39, 0.29) is 0 Å². The van der Waals surface area contributed by atoms with Crippen molar-refractivity contribution in [1.29, 1.82) is 5.26 Å². The number of amidine groups is 1. The smallest absolute Gasteiger partial charge is 0.156 e. The van der Waals surface area contributed by atoms with Gasteiger partial charge in [0, 0.05) is 37.6 Å². The minimum absolute atomic E-state index is 0.364. The molecule has 0 aliphatic carbocycles. The van der Waals surface area contributed by atoms with Gasteiger partial charge in [-0.25, -0.2) is 0 Å². The van der Waals surface area contributed by atoms with Gasteiger partial charge in [0.2, 0.25) is 0 Å². The first kappa shape index (κ1) is 25.2. The van der Waals surface area contributed by atoms with Crippen LogP contribution < -0.4 is 5.32 Å². The van der Waals surface area contributed by atoms with Crippen LogP contribution in [0.1, 0.15) is 86.1 Å². The van der Waals surface area contributed by atoms with E-state index in [0.29, 0.717) is 17.4 Å². The molecule has 178 valence electrons. The summed E-state index contributed by atoms with van der Waals surface area (Å²) in [4.78, 5) is 2.39. The number of piperidine rings is 1. The zero-order valence-corrected chi connectivity index (χ0v) is 20.8. The minimum Gasteiger partial charge on any atom is -0.371 e. The van der Waals surface area contributed by atoms with Crippen molar-refractivity contribution in [1.82, 2.24) is 10.2 Å². The lowest BCUT2D eigenvalue weighted by molar-refractivity contribution is 0.299. The second-order valence-corrected chi connectivity index (χ2v) is 9.27. The Morgan fingerprint density at radius 3 is 2.47 bits per heavy atom. The number of likely N-dealkylation sites (tertiary alicyclic amines) is 1. The topological polar surface area (TPSA) is 63.8 Å². The van der Waals surface area contributed by atoms with Crippen LogP contribution in [-0.4, -0.2) is 37.1 Å². The summed E-state index contributed by atoms with van der Waals surface area (Å²) in [5, 5.41) is 20.7. The molecule has 1 N–H and O–H groups in total. The summed E-state index contributed by atoms with van der Waals surface area (Å²) in [5.74, 6) is 1.67. The van der Waals surface area contributed by atoms with Crippen molar-refractivity contribution in [2.75, 3.05) is 19.6 Å². The van der Waals surface area contributed by atoms with Crippen LogP contribution in [0.5, 0.6) is 0 Å². The Morgan fingerprint density at radius 2 is 1.88 bits per heavy atom. The summed E-state index contributed by atoms with van der Waals surface area (Å²) in [6.07, 6.45) is 4.35. The van der Waals surface area contributed by atoms with Crippen LogP contribution in [-0.2, 0) is 0 Å². The second-order valence-electron chi connectivity index (χ2n) is 9.27. The van der Waals surface area contributed by atoms with Gasteiger partial charge >= 0.3 is 0 Å². The van der Waals surface area contributed by atoms with Crippen molar-refractivity contribution in [3.05, 3.63) is 76.9 Å². The van der Waals surface area contributed by atoms with E-state index in [4.69, 9.17) is 5.26 Å². The van der Waals surface area contributed by atoms with Gasteiger partial charge in [-0.15, -0.1) is 5.10 Å². The lowest BCUT2D eigenvalue weighted by Gasteiger charge is -2.35. The van der Waals surface area contributed by atoms with Gasteiger partial charge in [-0.2, -0.15) is 10.4 Å². The van der Waals surface area contributed by atoms with Gasteiger partial charge in [0.05, 0.1) is 11.6 Å². The average Bonchev–Trinajstić information content (AvgIpc) is 2.87. The van der Waals surface area contributed by atoms with E-state index >= 15 is 0 Å². The Hall–Kier alpha value is -3.39. The van der Waals surface area contributed by atoms with Gasteiger partial charge < -0.3 is 10.2 Å². The normalized spacial score (nSPS) is 14.7. The summed E-state index contributed by atoms with van der Waals surface area (Å²) in [7, 11) is 0. The third-order valence-electron chi connectivity index (χ3n) is 6.64. The molecule has 1 heterocycles. The van der Waals surface area contributed by atoms with Crippen LogP contribution in [0.2, 0.25) is 0 Å².